The highest BCUT2D eigenvalue weighted by Crippen LogP contribution is 2.32. The van der Waals surface area contributed by atoms with Gasteiger partial charge in [-0.15, -0.1) is 0 Å². The van der Waals surface area contributed by atoms with E-state index in [1.165, 1.54) is 30.5 Å². The fraction of sp³-hybridized carbons (Fsp3) is 0.400. The molecule has 3 heterocycles. The van der Waals surface area contributed by atoms with Crippen molar-refractivity contribution in [3.05, 3.63) is 54.0 Å². The number of aromatic amines is 1. The van der Waals surface area contributed by atoms with E-state index >= 15 is 0 Å². The second-order valence-electron chi connectivity index (χ2n) is 9.20. The zero-order valence-electron chi connectivity index (χ0n) is 20.5. The van der Waals surface area contributed by atoms with Crippen LogP contribution in [0.1, 0.15) is 50.4 Å². The third kappa shape index (κ3) is 5.67. The third-order valence-electron chi connectivity index (χ3n) is 5.98. The van der Waals surface area contributed by atoms with Crippen LogP contribution in [0.4, 0.5) is 10.2 Å². The number of nitrogens with one attached hydrogen (secondary N) is 2. The van der Waals surface area contributed by atoms with Crippen molar-refractivity contribution in [2.75, 3.05) is 18.1 Å². The number of pyridine rings is 1. The quantitative estimate of drug-likeness (QED) is 0.440. The van der Waals surface area contributed by atoms with Crippen LogP contribution in [0, 0.1) is 11.7 Å². The normalized spacial score (nSPS) is 15.9. The first-order valence-electron chi connectivity index (χ1n) is 12.0. The number of carbonyl (C=O) groups is 1. The van der Waals surface area contributed by atoms with Gasteiger partial charge in [-0.05, 0) is 55.5 Å². The van der Waals surface area contributed by atoms with Gasteiger partial charge in [-0.25, -0.2) is 14.1 Å². The molecule has 11 heteroatoms. The standard InChI is InChI=1S/C25H30FN5O4S/c1-4-19-6-5-11-31(19)24-21(25(32)30-36(33,34)23-9-10-27-29-23)7-8-22(28-24)17-12-18(26)14-20(13-17)35-15-16(2)3/h7-10,12-14,16,19H,4-6,11,15H2,1-3H3,(H,27,29)(H,30,32). The molecule has 2 N–H and O–H groups in total. The molecule has 36 heavy (non-hydrogen) atoms. The number of hydrogen-bond donors (Lipinski definition) is 2. The maximum Gasteiger partial charge on any atom is 0.281 e. The Morgan fingerprint density at radius 2 is 2.08 bits per heavy atom. The summed E-state index contributed by atoms with van der Waals surface area (Å²) in [5.74, 6) is -0.237. The second kappa shape index (κ2) is 10.7. The van der Waals surface area contributed by atoms with Gasteiger partial charge in [0.15, 0.2) is 5.03 Å². The van der Waals surface area contributed by atoms with Crippen LogP contribution in [0.2, 0.25) is 0 Å². The highest BCUT2D eigenvalue weighted by molar-refractivity contribution is 7.90. The number of carbonyl (C=O) groups excluding carboxylic acids is 1. The average Bonchev–Trinajstić information content (AvgIpc) is 3.54. The number of rotatable bonds is 9. The molecule has 1 amide bonds. The van der Waals surface area contributed by atoms with Gasteiger partial charge in [0, 0.05) is 24.2 Å². The highest BCUT2D eigenvalue weighted by Gasteiger charge is 2.30. The van der Waals surface area contributed by atoms with Crippen molar-refractivity contribution in [2.45, 2.75) is 51.1 Å². The monoisotopic (exact) mass is 515 g/mol. The van der Waals surface area contributed by atoms with E-state index in [0.29, 0.717) is 36.0 Å². The lowest BCUT2D eigenvalue weighted by Crippen LogP contribution is -2.35. The Morgan fingerprint density at radius 1 is 1.28 bits per heavy atom. The van der Waals surface area contributed by atoms with Gasteiger partial charge in [0.25, 0.3) is 15.9 Å². The van der Waals surface area contributed by atoms with Crippen LogP contribution >= 0.6 is 0 Å². The number of anilines is 1. The molecule has 2 aromatic heterocycles. The SMILES string of the molecule is CCC1CCCN1c1nc(-c2cc(F)cc(OCC(C)C)c2)ccc1C(=O)NS(=O)(=O)c1ccn[nH]1. The van der Waals surface area contributed by atoms with Crippen molar-refractivity contribution in [1.82, 2.24) is 19.9 Å². The lowest BCUT2D eigenvalue weighted by molar-refractivity contribution is 0.0981. The summed E-state index contributed by atoms with van der Waals surface area (Å²) < 4.78 is 47.4. The van der Waals surface area contributed by atoms with Gasteiger partial charge in [0.1, 0.15) is 17.4 Å². The van der Waals surface area contributed by atoms with E-state index in [4.69, 9.17) is 9.72 Å². The topological polar surface area (TPSA) is 117 Å². The van der Waals surface area contributed by atoms with E-state index in [2.05, 4.69) is 21.8 Å². The molecule has 1 aliphatic rings. The number of H-pyrrole nitrogens is 1. The van der Waals surface area contributed by atoms with Crippen molar-refractivity contribution < 1.29 is 22.3 Å². The Labute approximate surface area is 210 Å². The third-order valence-corrected chi connectivity index (χ3v) is 7.24. The minimum Gasteiger partial charge on any atom is -0.493 e. The van der Waals surface area contributed by atoms with E-state index < -0.39 is 21.7 Å². The van der Waals surface area contributed by atoms with E-state index in [0.717, 1.165) is 19.3 Å². The number of benzene rings is 1. The molecule has 1 fully saturated rings. The van der Waals surface area contributed by atoms with Crippen LogP contribution in [0.15, 0.2) is 47.6 Å². The van der Waals surface area contributed by atoms with Crippen molar-refractivity contribution in [3.63, 3.8) is 0 Å². The van der Waals surface area contributed by atoms with E-state index in [1.54, 1.807) is 12.1 Å². The average molecular weight is 516 g/mol. The first-order chi connectivity index (χ1) is 17.2. The predicted molar refractivity (Wildman–Crippen MR) is 134 cm³/mol. The minimum atomic E-state index is -4.14. The van der Waals surface area contributed by atoms with Crippen LogP contribution < -0.4 is 14.4 Å². The van der Waals surface area contributed by atoms with Crippen LogP contribution in [0.25, 0.3) is 11.3 Å². The van der Waals surface area contributed by atoms with Gasteiger partial charge < -0.3 is 9.64 Å². The summed E-state index contributed by atoms with van der Waals surface area (Å²) in [5.41, 5.74) is 1.07. The number of sulfonamides is 1. The highest BCUT2D eigenvalue weighted by atomic mass is 32.2. The van der Waals surface area contributed by atoms with Crippen LogP contribution in [-0.2, 0) is 10.0 Å². The van der Waals surface area contributed by atoms with Gasteiger partial charge in [-0.3, -0.25) is 9.89 Å². The molecule has 0 spiro atoms. The molecule has 0 aliphatic carbocycles. The van der Waals surface area contributed by atoms with Gasteiger partial charge in [0.05, 0.1) is 24.1 Å². The Kier molecular flexibility index (Phi) is 7.58. The van der Waals surface area contributed by atoms with E-state index in [9.17, 15) is 17.6 Å². The van der Waals surface area contributed by atoms with Gasteiger partial charge in [-0.2, -0.15) is 13.5 Å². The van der Waals surface area contributed by atoms with E-state index in [1.807, 2.05) is 18.7 Å². The Balaban J connectivity index is 1.73. The molecule has 0 radical (unpaired) electrons. The molecule has 0 saturated carbocycles. The zero-order valence-corrected chi connectivity index (χ0v) is 21.3. The number of hydrogen-bond acceptors (Lipinski definition) is 7. The minimum absolute atomic E-state index is 0.120. The smallest absolute Gasteiger partial charge is 0.281 e. The summed E-state index contributed by atoms with van der Waals surface area (Å²) in [7, 11) is -4.14. The number of aromatic nitrogens is 3. The van der Waals surface area contributed by atoms with Crippen LogP contribution in [-0.4, -0.2) is 48.7 Å². The second-order valence-corrected chi connectivity index (χ2v) is 10.9. The zero-order chi connectivity index (χ0) is 25.9. The molecule has 4 rings (SSSR count). The summed E-state index contributed by atoms with van der Waals surface area (Å²) in [6, 6.07) is 8.91. The van der Waals surface area contributed by atoms with Gasteiger partial charge in [0.2, 0.25) is 0 Å². The Hall–Kier alpha value is -3.47. The number of amides is 1. The maximum atomic E-state index is 14.4. The fourth-order valence-electron chi connectivity index (χ4n) is 4.23. The first-order valence-corrected chi connectivity index (χ1v) is 13.4. The molecule has 1 saturated heterocycles. The molecular weight excluding hydrogens is 485 g/mol. The molecule has 1 aromatic carbocycles. The number of halogens is 1. The molecule has 192 valence electrons. The number of nitrogens with zero attached hydrogens (tertiary/aromatic N) is 3. The predicted octanol–water partition coefficient (Wildman–Crippen LogP) is 4.14. The van der Waals surface area contributed by atoms with Crippen LogP contribution in [0.3, 0.4) is 0 Å². The number of ether oxygens (including phenoxy) is 1. The molecule has 9 nitrogen and oxygen atoms in total. The molecule has 1 unspecified atom stereocenters. The molecular formula is C25H30FN5O4S. The lowest BCUT2D eigenvalue weighted by Gasteiger charge is -2.27. The summed E-state index contributed by atoms with van der Waals surface area (Å²) in [4.78, 5) is 19.9. The van der Waals surface area contributed by atoms with Crippen molar-refractivity contribution >= 4 is 21.7 Å². The first kappa shape index (κ1) is 25.6. The van der Waals surface area contributed by atoms with Crippen molar-refractivity contribution in [3.8, 4) is 17.0 Å². The van der Waals surface area contributed by atoms with Crippen molar-refractivity contribution in [1.29, 1.82) is 0 Å². The Bertz CT molecular complexity index is 1330. The van der Waals surface area contributed by atoms with Crippen LogP contribution in [0.5, 0.6) is 5.75 Å². The molecule has 1 atom stereocenters. The lowest BCUT2D eigenvalue weighted by atomic mass is 10.1. The Morgan fingerprint density at radius 3 is 2.78 bits per heavy atom. The van der Waals surface area contributed by atoms with Gasteiger partial charge in [-0.1, -0.05) is 20.8 Å². The molecule has 3 aromatic rings. The summed E-state index contributed by atoms with van der Waals surface area (Å²) in [5, 5.41) is 5.77. The summed E-state index contributed by atoms with van der Waals surface area (Å²) in [6.07, 6.45) is 3.98. The molecule has 0 bridgehead atoms. The van der Waals surface area contributed by atoms with Gasteiger partial charge >= 0.3 is 0 Å². The maximum absolute atomic E-state index is 14.4. The fourth-order valence-corrected chi connectivity index (χ4v) is 5.10. The largest absolute Gasteiger partial charge is 0.493 e. The summed E-state index contributed by atoms with van der Waals surface area (Å²) >= 11 is 0. The van der Waals surface area contributed by atoms with Crippen molar-refractivity contribution in [2.24, 2.45) is 5.92 Å². The molecule has 1 aliphatic heterocycles. The van der Waals surface area contributed by atoms with E-state index in [-0.39, 0.29) is 22.5 Å². The summed E-state index contributed by atoms with van der Waals surface area (Å²) in [6.45, 7) is 7.18.